The molecule has 7 nitrogen and oxygen atoms in total. The Morgan fingerprint density at radius 1 is 1.53 bits per heavy atom. The van der Waals surface area contributed by atoms with Gasteiger partial charge in [0.15, 0.2) is 5.82 Å². The van der Waals surface area contributed by atoms with Gasteiger partial charge in [-0.15, -0.1) is 0 Å². The number of nitrogen functional groups attached to an aromatic ring is 1. The molecule has 1 saturated heterocycles. The Balaban J connectivity index is 2.17. The molecule has 0 radical (unpaired) electrons. The maximum Gasteiger partial charge on any atom is 0.239 e. The Hall–Kier alpha value is -1.89. The molecule has 1 aromatic rings. The van der Waals surface area contributed by atoms with E-state index in [-0.39, 0.29) is 5.91 Å². The first-order chi connectivity index (χ1) is 9.19. The molecule has 7 heteroatoms. The molecule has 0 aliphatic carbocycles. The van der Waals surface area contributed by atoms with Gasteiger partial charge in [-0.2, -0.15) is 0 Å². The highest BCUT2D eigenvalue weighted by molar-refractivity contribution is 5.81. The van der Waals surface area contributed by atoms with E-state index < -0.39 is 0 Å². The molecular weight excluding hydrogens is 246 g/mol. The molecule has 19 heavy (non-hydrogen) atoms. The van der Waals surface area contributed by atoms with E-state index in [0.717, 1.165) is 13.0 Å². The van der Waals surface area contributed by atoms with Crippen molar-refractivity contribution >= 4 is 17.5 Å². The molecule has 1 amide bonds. The molecule has 0 aromatic carbocycles. The van der Waals surface area contributed by atoms with Gasteiger partial charge >= 0.3 is 0 Å². The SMILES string of the molecule is CCOCc1nc(N)cc(N2CCCNC(=O)C2)n1. The van der Waals surface area contributed by atoms with Crippen molar-refractivity contribution in [3.8, 4) is 0 Å². The fourth-order valence-electron chi connectivity index (χ4n) is 1.92. The molecule has 0 bridgehead atoms. The Bertz CT molecular complexity index is 452. The number of nitrogens with zero attached hydrogens (tertiary/aromatic N) is 3. The number of carbonyl (C=O) groups excluding carboxylic acids is 1. The van der Waals surface area contributed by atoms with E-state index in [2.05, 4.69) is 15.3 Å². The summed E-state index contributed by atoms with van der Waals surface area (Å²) < 4.78 is 5.28. The molecule has 1 aromatic heterocycles. The van der Waals surface area contributed by atoms with Gasteiger partial charge in [-0.3, -0.25) is 4.79 Å². The average Bonchev–Trinajstić information content (AvgIpc) is 2.60. The normalized spacial score (nSPS) is 16.1. The van der Waals surface area contributed by atoms with Crippen LogP contribution in [0.5, 0.6) is 0 Å². The Morgan fingerprint density at radius 3 is 3.16 bits per heavy atom. The molecule has 0 spiro atoms. The Morgan fingerprint density at radius 2 is 2.37 bits per heavy atom. The minimum Gasteiger partial charge on any atom is -0.384 e. The first kappa shape index (κ1) is 13.5. The minimum absolute atomic E-state index is 0.000965. The summed E-state index contributed by atoms with van der Waals surface area (Å²) in [6.45, 7) is 4.59. The highest BCUT2D eigenvalue weighted by Crippen LogP contribution is 2.15. The number of nitrogens with one attached hydrogen (secondary N) is 1. The predicted octanol–water partition coefficient (Wildman–Crippen LogP) is -0.0784. The van der Waals surface area contributed by atoms with Crippen LogP contribution in [0, 0.1) is 0 Å². The second kappa shape index (κ2) is 6.33. The lowest BCUT2D eigenvalue weighted by Gasteiger charge is -2.20. The lowest BCUT2D eigenvalue weighted by atomic mass is 10.3. The molecule has 1 aliphatic heterocycles. The molecule has 0 atom stereocenters. The highest BCUT2D eigenvalue weighted by atomic mass is 16.5. The molecule has 2 heterocycles. The molecule has 0 saturated carbocycles. The zero-order valence-electron chi connectivity index (χ0n) is 11.1. The Labute approximate surface area is 112 Å². The van der Waals surface area contributed by atoms with Gasteiger partial charge in [0.05, 0.1) is 6.54 Å². The smallest absolute Gasteiger partial charge is 0.239 e. The number of nitrogens with two attached hydrogens (primary N) is 1. The quantitative estimate of drug-likeness (QED) is 0.791. The van der Waals surface area contributed by atoms with Crippen molar-refractivity contribution in [1.29, 1.82) is 0 Å². The summed E-state index contributed by atoms with van der Waals surface area (Å²) in [6.07, 6.45) is 0.885. The van der Waals surface area contributed by atoms with Crippen LogP contribution in [-0.4, -0.2) is 42.1 Å². The summed E-state index contributed by atoms with van der Waals surface area (Å²) in [5.74, 6) is 1.62. The second-order valence-electron chi connectivity index (χ2n) is 4.33. The van der Waals surface area contributed by atoms with Crippen LogP contribution in [-0.2, 0) is 16.1 Å². The van der Waals surface area contributed by atoms with E-state index >= 15 is 0 Å². The number of amides is 1. The number of rotatable bonds is 4. The summed E-state index contributed by atoms with van der Waals surface area (Å²) >= 11 is 0. The van der Waals surface area contributed by atoms with Gasteiger partial charge in [-0.1, -0.05) is 0 Å². The van der Waals surface area contributed by atoms with Crippen LogP contribution >= 0.6 is 0 Å². The number of aromatic nitrogens is 2. The number of hydrogen-bond acceptors (Lipinski definition) is 6. The average molecular weight is 265 g/mol. The molecule has 3 N–H and O–H groups in total. The Kier molecular flexibility index (Phi) is 4.51. The van der Waals surface area contributed by atoms with E-state index in [9.17, 15) is 4.79 Å². The van der Waals surface area contributed by atoms with Crippen molar-refractivity contribution in [2.75, 3.05) is 36.9 Å². The van der Waals surface area contributed by atoms with Crippen LogP contribution in [0.1, 0.15) is 19.2 Å². The van der Waals surface area contributed by atoms with Gasteiger partial charge in [0, 0.05) is 25.8 Å². The number of hydrogen-bond donors (Lipinski definition) is 2. The predicted molar refractivity (Wildman–Crippen MR) is 71.6 cm³/mol. The number of carbonyl (C=O) groups is 1. The zero-order chi connectivity index (χ0) is 13.7. The molecule has 104 valence electrons. The van der Waals surface area contributed by atoms with Crippen LogP contribution in [0.25, 0.3) is 0 Å². The molecule has 1 aliphatic rings. The zero-order valence-corrected chi connectivity index (χ0v) is 11.1. The van der Waals surface area contributed by atoms with Gasteiger partial charge in [-0.05, 0) is 13.3 Å². The van der Waals surface area contributed by atoms with Crippen molar-refractivity contribution in [3.63, 3.8) is 0 Å². The first-order valence-corrected chi connectivity index (χ1v) is 6.42. The van der Waals surface area contributed by atoms with E-state index in [0.29, 0.717) is 43.8 Å². The monoisotopic (exact) mass is 265 g/mol. The lowest BCUT2D eigenvalue weighted by Crippen LogP contribution is -2.33. The van der Waals surface area contributed by atoms with Crippen molar-refractivity contribution in [1.82, 2.24) is 15.3 Å². The molecule has 2 rings (SSSR count). The maximum atomic E-state index is 11.6. The summed E-state index contributed by atoms with van der Waals surface area (Å²) in [5, 5.41) is 2.83. The summed E-state index contributed by atoms with van der Waals surface area (Å²) in [6, 6.07) is 1.69. The largest absolute Gasteiger partial charge is 0.384 e. The molecule has 1 fully saturated rings. The highest BCUT2D eigenvalue weighted by Gasteiger charge is 2.17. The van der Waals surface area contributed by atoms with E-state index in [1.165, 1.54) is 0 Å². The van der Waals surface area contributed by atoms with Crippen LogP contribution < -0.4 is 16.0 Å². The first-order valence-electron chi connectivity index (χ1n) is 6.42. The lowest BCUT2D eigenvalue weighted by molar-refractivity contribution is -0.119. The summed E-state index contributed by atoms with van der Waals surface area (Å²) in [7, 11) is 0. The minimum atomic E-state index is 0.000965. The third kappa shape index (κ3) is 3.78. The third-order valence-corrected chi connectivity index (χ3v) is 2.80. The number of ether oxygens (including phenoxy) is 1. The van der Waals surface area contributed by atoms with Gasteiger partial charge in [0.25, 0.3) is 0 Å². The topological polar surface area (TPSA) is 93.4 Å². The van der Waals surface area contributed by atoms with E-state index in [4.69, 9.17) is 10.5 Å². The summed E-state index contributed by atoms with van der Waals surface area (Å²) in [5.41, 5.74) is 5.78. The van der Waals surface area contributed by atoms with Crippen LogP contribution in [0.3, 0.4) is 0 Å². The maximum absolute atomic E-state index is 11.6. The fraction of sp³-hybridized carbons (Fsp3) is 0.583. The van der Waals surface area contributed by atoms with Crippen molar-refractivity contribution in [3.05, 3.63) is 11.9 Å². The van der Waals surface area contributed by atoms with Gasteiger partial charge in [-0.25, -0.2) is 9.97 Å². The second-order valence-corrected chi connectivity index (χ2v) is 4.33. The van der Waals surface area contributed by atoms with Crippen LogP contribution in [0.2, 0.25) is 0 Å². The van der Waals surface area contributed by atoms with Crippen molar-refractivity contribution < 1.29 is 9.53 Å². The van der Waals surface area contributed by atoms with Crippen LogP contribution in [0.4, 0.5) is 11.6 Å². The third-order valence-electron chi connectivity index (χ3n) is 2.80. The fourth-order valence-corrected chi connectivity index (χ4v) is 1.92. The van der Waals surface area contributed by atoms with Gasteiger partial charge in [0.1, 0.15) is 18.2 Å². The van der Waals surface area contributed by atoms with Crippen LogP contribution in [0.15, 0.2) is 6.07 Å². The standard InChI is InChI=1S/C12H19N5O2/c1-2-19-8-10-15-9(13)6-11(16-10)17-5-3-4-14-12(18)7-17/h6H,2-5,7-8H2,1H3,(H,14,18)(H2,13,15,16). The molecule has 0 unspecified atom stereocenters. The summed E-state index contributed by atoms with van der Waals surface area (Å²) in [4.78, 5) is 22.0. The van der Waals surface area contributed by atoms with Gasteiger partial charge in [0.2, 0.25) is 5.91 Å². The van der Waals surface area contributed by atoms with E-state index in [1.807, 2.05) is 11.8 Å². The van der Waals surface area contributed by atoms with Gasteiger partial charge < -0.3 is 20.7 Å². The number of anilines is 2. The van der Waals surface area contributed by atoms with E-state index in [1.54, 1.807) is 6.07 Å². The molecular formula is C12H19N5O2. The van der Waals surface area contributed by atoms with Crippen molar-refractivity contribution in [2.45, 2.75) is 20.0 Å². The van der Waals surface area contributed by atoms with Crippen molar-refractivity contribution in [2.24, 2.45) is 0 Å².